The van der Waals surface area contributed by atoms with Crippen LogP contribution in [0.2, 0.25) is 0 Å². The molecule has 0 bridgehead atoms. The smallest absolute Gasteiger partial charge is 0.259 e. The second-order valence-electron chi connectivity index (χ2n) is 6.74. The zero-order valence-corrected chi connectivity index (χ0v) is 16.8. The molecule has 150 valence electrons. The van der Waals surface area contributed by atoms with Crippen molar-refractivity contribution < 1.29 is 13.9 Å². The molecule has 0 saturated heterocycles. The average molecular weight is 399 g/mol. The number of ether oxygens (including phenoxy) is 1. The zero-order valence-electron chi connectivity index (χ0n) is 16.8. The number of carbonyl (C=O) groups excluding carboxylic acids is 1. The maximum absolute atomic E-state index is 12.6. The molecule has 0 unspecified atom stereocenters. The van der Waals surface area contributed by atoms with Gasteiger partial charge in [-0.15, -0.1) is 10.2 Å². The minimum absolute atomic E-state index is 0.230. The summed E-state index contributed by atoms with van der Waals surface area (Å²) in [5.41, 5.74) is 3.96. The fourth-order valence-electron chi connectivity index (χ4n) is 2.98. The number of nitrogens with one attached hydrogen (secondary N) is 1. The van der Waals surface area contributed by atoms with Gasteiger partial charge in [0.15, 0.2) is 0 Å². The van der Waals surface area contributed by atoms with Crippen LogP contribution in [-0.4, -0.2) is 22.7 Å². The molecule has 0 saturated carbocycles. The van der Waals surface area contributed by atoms with Gasteiger partial charge in [0.1, 0.15) is 5.75 Å². The SMILES string of the molecule is CCOc1ccccc1C(=O)Nc1ccc(-c2nnc(-c3ccc(C)cc3)o2)cc1. The Labute approximate surface area is 174 Å². The summed E-state index contributed by atoms with van der Waals surface area (Å²) in [5.74, 6) is 1.22. The number of hydrogen-bond acceptors (Lipinski definition) is 5. The lowest BCUT2D eigenvalue weighted by Crippen LogP contribution is -2.13. The van der Waals surface area contributed by atoms with Crippen LogP contribution in [0, 0.1) is 6.92 Å². The zero-order chi connectivity index (χ0) is 20.9. The number of aromatic nitrogens is 2. The summed E-state index contributed by atoms with van der Waals surface area (Å²) >= 11 is 0. The Kier molecular flexibility index (Phi) is 5.57. The summed E-state index contributed by atoms with van der Waals surface area (Å²) in [7, 11) is 0. The van der Waals surface area contributed by atoms with E-state index in [1.165, 1.54) is 5.56 Å². The van der Waals surface area contributed by atoms with Crippen molar-refractivity contribution in [1.82, 2.24) is 10.2 Å². The van der Waals surface area contributed by atoms with E-state index in [-0.39, 0.29) is 5.91 Å². The van der Waals surface area contributed by atoms with Gasteiger partial charge in [-0.25, -0.2) is 0 Å². The number of anilines is 1. The molecule has 1 amide bonds. The maximum atomic E-state index is 12.6. The van der Waals surface area contributed by atoms with E-state index in [0.29, 0.717) is 35.4 Å². The first-order chi connectivity index (χ1) is 14.6. The van der Waals surface area contributed by atoms with Crippen molar-refractivity contribution >= 4 is 11.6 Å². The molecule has 6 nitrogen and oxygen atoms in total. The molecule has 0 radical (unpaired) electrons. The van der Waals surface area contributed by atoms with Gasteiger partial charge in [-0.3, -0.25) is 4.79 Å². The molecule has 4 rings (SSSR count). The van der Waals surface area contributed by atoms with Crippen molar-refractivity contribution in [1.29, 1.82) is 0 Å². The van der Waals surface area contributed by atoms with E-state index in [1.54, 1.807) is 24.3 Å². The third kappa shape index (κ3) is 4.22. The molecule has 1 heterocycles. The van der Waals surface area contributed by atoms with Gasteiger partial charge in [-0.2, -0.15) is 0 Å². The van der Waals surface area contributed by atoms with Crippen LogP contribution < -0.4 is 10.1 Å². The number of amides is 1. The van der Waals surface area contributed by atoms with E-state index >= 15 is 0 Å². The predicted molar refractivity (Wildman–Crippen MR) is 115 cm³/mol. The van der Waals surface area contributed by atoms with Crippen molar-refractivity contribution in [3.63, 3.8) is 0 Å². The van der Waals surface area contributed by atoms with Crippen LogP contribution in [0.5, 0.6) is 5.75 Å². The molecule has 0 aliphatic heterocycles. The summed E-state index contributed by atoms with van der Waals surface area (Å²) in [4.78, 5) is 12.6. The quantitative estimate of drug-likeness (QED) is 0.472. The van der Waals surface area contributed by atoms with Crippen molar-refractivity contribution in [3.8, 4) is 28.7 Å². The highest BCUT2D eigenvalue weighted by Gasteiger charge is 2.13. The molecule has 0 aliphatic carbocycles. The fourth-order valence-corrected chi connectivity index (χ4v) is 2.98. The second-order valence-corrected chi connectivity index (χ2v) is 6.74. The monoisotopic (exact) mass is 399 g/mol. The topological polar surface area (TPSA) is 77.2 Å². The van der Waals surface area contributed by atoms with Crippen molar-refractivity contribution in [2.75, 3.05) is 11.9 Å². The number of aryl methyl sites for hydroxylation is 1. The van der Waals surface area contributed by atoms with Crippen LogP contribution in [0.3, 0.4) is 0 Å². The molecular weight excluding hydrogens is 378 g/mol. The van der Waals surface area contributed by atoms with Gasteiger partial charge in [0, 0.05) is 16.8 Å². The third-order valence-corrected chi connectivity index (χ3v) is 4.54. The molecule has 0 aliphatic rings. The first-order valence-electron chi connectivity index (χ1n) is 9.68. The highest BCUT2D eigenvalue weighted by atomic mass is 16.5. The van der Waals surface area contributed by atoms with E-state index in [4.69, 9.17) is 9.15 Å². The molecule has 0 fully saturated rings. The minimum Gasteiger partial charge on any atom is -0.493 e. The molecule has 1 aromatic heterocycles. The third-order valence-electron chi connectivity index (χ3n) is 4.54. The Morgan fingerprint density at radius 2 is 1.50 bits per heavy atom. The first kappa shape index (κ1) is 19.4. The molecule has 30 heavy (non-hydrogen) atoms. The highest BCUT2D eigenvalue weighted by molar-refractivity contribution is 6.06. The first-order valence-corrected chi connectivity index (χ1v) is 9.68. The Morgan fingerprint density at radius 3 is 2.13 bits per heavy atom. The molecule has 4 aromatic rings. The largest absolute Gasteiger partial charge is 0.493 e. The van der Waals surface area contributed by atoms with Crippen LogP contribution in [0.25, 0.3) is 22.9 Å². The molecule has 0 spiro atoms. The molecule has 1 N–H and O–H groups in total. The molecular formula is C24H21N3O3. The van der Waals surface area contributed by atoms with Gasteiger partial charge in [0.05, 0.1) is 12.2 Å². The number of hydrogen-bond donors (Lipinski definition) is 1. The second kappa shape index (κ2) is 8.61. The lowest BCUT2D eigenvalue weighted by molar-refractivity contribution is 0.102. The summed E-state index contributed by atoms with van der Waals surface area (Å²) in [6, 6.07) is 22.3. The van der Waals surface area contributed by atoms with E-state index in [0.717, 1.165) is 11.1 Å². The van der Waals surface area contributed by atoms with Gasteiger partial charge in [-0.05, 0) is 62.4 Å². The van der Waals surface area contributed by atoms with Crippen molar-refractivity contribution in [2.45, 2.75) is 13.8 Å². The van der Waals surface area contributed by atoms with Crippen LogP contribution >= 0.6 is 0 Å². The average Bonchev–Trinajstić information content (AvgIpc) is 3.26. The van der Waals surface area contributed by atoms with Gasteiger partial charge in [0.2, 0.25) is 11.8 Å². The van der Waals surface area contributed by atoms with Gasteiger partial charge >= 0.3 is 0 Å². The maximum Gasteiger partial charge on any atom is 0.259 e. The standard InChI is InChI=1S/C24H21N3O3/c1-3-29-21-7-5-4-6-20(21)22(28)25-19-14-12-18(13-15-19)24-27-26-23(30-24)17-10-8-16(2)9-11-17/h4-15H,3H2,1-2H3,(H,25,28). The number of nitrogens with zero attached hydrogens (tertiary/aromatic N) is 2. The highest BCUT2D eigenvalue weighted by Crippen LogP contribution is 2.26. The Bertz CT molecular complexity index is 1150. The lowest BCUT2D eigenvalue weighted by Gasteiger charge is -2.10. The van der Waals surface area contributed by atoms with E-state index < -0.39 is 0 Å². The minimum atomic E-state index is -0.230. The van der Waals surface area contributed by atoms with Crippen LogP contribution in [0.15, 0.2) is 77.2 Å². The number of para-hydroxylation sites is 1. The molecule has 6 heteroatoms. The summed E-state index contributed by atoms with van der Waals surface area (Å²) in [5, 5.41) is 11.2. The van der Waals surface area contributed by atoms with Crippen molar-refractivity contribution in [2.24, 2.45) is 0 Å². The van der Waals surface area contributed by atoms with E-state index in [9.17, 15) is 4.79 Å². The normalized spacial score (nSPS) is 10.6. The van der Waals surface area contributed by atoms with Gasteiger partial charge < -0.3 is 14.5 Å². The van der Waals surface area contributed by atoms with Crippen LogP contribution in [0.1, 0.15) is 22.8 Å². The van der Waals surface area contributed by atoms with E-state index in [2.05, 4.69) is 15.5 Å². The van der Waals surface area contributed by atoms with E-state index in [1.807, 2.05) is 62.4 Å². The fraction of sp³-hybridized carbons (Fsp3) is 0.125. The van der Waals surface area contributed by atoms with Gasteiger partial charge in [-0.1, -0.05) is 29.8 Å². The Balaban J connectivity index is 1.48. The van der Waals surface area contributed by atoms with Crippen LogP contribution in [-0.2, 0) is 0 Å². The summed E-state index contributed by atoms with van der Waals surface area (Å²) in [6.45, 7) is 4.40. The predicted octanol–water partition coefficient (Wildman–Crippen LogP) is 5.36. The lowest BCUT2D eigenvalue weighted by atomic mass is 10.1. The summed E-state index contributed by atoms with van der Waals surface area (Å²) in [6.07, 6.45) is 0. The number of benzene rings is 3. The summed E-state index contributed by atoms with van der Waals surface area (Å²) < 4.78 is 11.3. The Morgan fingerprint density at radius 1 is 0.900 bits per heavy atom. The number of rotatable bonds is 6. The molecule has 3 aromatic carbocycles. The Hall–Kier alpha value is -3.93. The van der Waals surface area contributed by atoms with Crippen molar-refractivity contribution in [3.05, 3.63) is 83.9 Å². The van der Waals surface area contributed by atoms with Crippen LogP contribution in [0.4, 0.5) is 5.69 Å². The number of carbonyl (C=O) groups is 1. The molecule has 0 atom stereocenters. The van der Waals surface area contributed by atoms with Gasteiger partial charge in [0.25, 0.3) is 5.91 Å².